The molecular weight excluding hydrogens is 296 g/mol. The summed E-state index contributed by atoms with van der Waals surface area (Å²) in [4.78, 5) is 22.6. The van der Waals surface area contributed by atoms with Gasteiger partial charge in [-0.2, -0.15) is 0 Å². The van der Waals surface area contributed by atoms with Gasteiger partial charge in [0.1, 0.15) is 11.2 Å². The fourth-order valence-electron chi connectivity index (χ4n) is 1.97. The Labute approximate surface area is 115 Å². The summed E-state index contributed by atoms with van der Waals surface area (Å²) in [5.41, 5.74) is -2.84. The topological polar surface area (TPSA) is 78.4 Å². The molecule has 0 atom stereocenters. The molecule has 114 valence electrons. The lowest BCUT2D eigenvalue weighted by molar-refractivity contribution is -0.148. The zero-order chi connectivity index (χ0) is 15.8. The minimum absolute atomic E-state index is 0.00157. The van der Waals surface area contributed by atoms with Gasteiger partial charge in [-0.05, 0) is 19.3 Å². The second-order valence-corrected chi connectivity index (χ2v) is 4.66. The van der Waals surface area contributed by atoms with Gasteiger partial charge in [-0.1, -0.05) is 0 Å². The van der Waals surface area contributed by atoms with E-state index < -0.39 is 46.5 Å². The maximum Gasteiger partial charge on any atom is 0.329 e. The predicted molar refractivity (Wildman–Crippen MR) is 62.6 cm³/mol. The summed E-state index contributed by atoms with van der Waals surface area (Å²) < 4.78 is 52.6. The summed E-state index contributed by atoms with van der Waals surface area (Å²) in [6.45, 7) is 0. The highest BCUT2D eigenvalue weighted by Crippen LogP contribution is 2.32. The first-order chi connectivity index (χ1) is 9.77. The molecule has 0 spiro atoms. The minimum Gasteiger partial charge on any atom is -0.480 e. The molecule has 21 heavy (non-hydrogen) atoms. The average Bonchev–Trinajstić information content (AvgIpc) is 2.36. The number of aliphatic carboxylic acids is 1. The number of urea groups is 1. The molecule has 0 heterocycles. The highest BCUT2D eigenvalue weighted by Gasteiger charge is 2.45. The molecule has 9 heteroatoms. The van der Waals surface area contributed by atoms with E-state index in [9.17, 15) is 27.2 Å². The van der Waals surface area contributed by atoms with Gasteiger partial charge in [0.2, 0.25) is 0 Å². The fraction of sp³-hybridized carbons (Fsp3) is 0.333. The Hall–Kier alpha value is -2.32. The van der Waals surface area contributed by atoms with E-state index in [1.165, 1.54) is 0 Å². The number of benzene rings is 1. The number of anilines is 1. The molecule has 0 radical (unpaired) electrons. The third kappa shape index (κ3) is 2.63. The molecule has 1 aromatic rings. The molecule has 0 aromatic heterocycles. The quantitative estimate of drug-likeness (QED) is 0.592. The Kier molecular flexibility index (Phi) is 3.75. The first kappa shape index (κ1) is 15.1. The van der Waals surface area contributed by atoms with Gasteiger partial charge in [-0.3, -0.25) is 0 Å². The van der Waals surface area contributed by atoms with Crippen LogP contribution in [-0.2, 0) is 4.79 Å². The molecule has 1 aliphatic carbocycles. The van der Waals surface area contributed by atoms with Crippen molar-refractivity contribution in [2.24, 2.45) is 0 Å². The van der Waals surface area contributed by atoms with Crippen LogP contribution in [0.4, 0.5) is 28.0 Å². The third-order valence-corrected chi connectivity index (χ3v) is 3.32. The number of hydrogen-bond acceptors (Lipinski definition) is 2. The van der Waals surface area contributed by atoms with E-state index in [1.54, 1.807) is 5.32 Å². The van der Waals surface area contributed by atoms with Crippen molar-refractivity contribution in [2.75, 3.05) is 5.32 Å². The molecule has 0 aliphatic heterocycles. The number of rotatable bonds is 3. The number of halogens is 4. The van der Waals surface area contributed by atoms with Crippen LogP contribution in [0.15, 0.2) is 6.07 Å². The molecule has 1 aliphatic rings. The zero-order valence-corrected chi connectivity index (χ0v) is 10.5. The fourth-order valence-corrected chi connectivity index (χ4v) is 1.97. The van der Waals surface area contributed by atoms with Crippen LogP contribution in [0.3, 0.4) is 0 Å². The lowest BCUT2D eigenvalue weighted by Gasteiger charge is -2.38. The number of amides is 2. The molecule has 1 aromatic carbocycles. The Morgan fingerprint density at radius 1 is 1.10 bits per heavy atom. The van der Waals surface area contributed by atoms with Gasteiger partial charge in [-0.25, -0.2) is 27.2 Å². The van der Waals surface area contributed by atoms with Crippen LogP contribution in [0.25, 0.3) is 0 Å². The molecule has 0 unspecified atom stereocenters. The van der Waals surface area contributed by atoms with Crippen molar-refractivity contribution < 1.29 is 32.3 Å². The third-order valence-electron chi connectivity index (χ3n) is 3.32. The van der Waals surface area contributed by atoms with Gasteiger partial charge in [0.05, 0.1) is 0 Å². The second-order valence-electron chi connectivity index (χ2n) is 4.66. The van der Waals surface area contributed by atoms with Crippen LogP contribution < -0.4 is 10.6 Å². The summed E-state index contributed by atoms with van der Waals surface area (Å²) >= 11 is 0. The average molecular weight is 306 g/mol. The monoisotopic (exact) mass is 306 g/mol. The van der Waals surface area contributed by atoms with E-state index in [0.29, 0.717) is 6.42 Å². The van der Waals surface area contributed by atoms with Crippen LogP contribution in [0.1, 0.15) is 19.3 Å². The molecule has 3 N–H and O–H groups in total. The molecule has 2 rings (SSSR count). The number of carboxylic acids is 1. The standard InChI is InChI=1S/C12H10F4N2O3/c13-5-4-6(14)8(16)9(7(5)15)17-11(21)18-12(10(19)20)2-1-3-12/h4H,1-3H2,(H,19,20)(H2,17,18,21). The van der Waals surface area contributed by atoms with Crippen molar-refractivity contribution in [1.82, 2.24) is 5.32 Å². The van der Waals surface area contributed by atoms with Crippen LogP contribution in [-0.4, -0.2) is 22.6 Å². The number of carboxylic acid groups (broad SMARTS) is 1. The van der Waals surface area contributed by atoms with Crippen molar-refractivity contribution in [3.05, 3.63) is 29.3 Å². The highest BCUT2D eigenvalue weighted by atomic mass is 19.2. The smallest absolute Gasteiger partial charge is 0.329 e. The summed E-state index contributed by atoms with van der Waals surface area (Å²) in [6.07, 6.45) is 0.861. The predicted octanol–water partition coefficient (Wildman–Crippen LogP) is 2.37. The minimum atomic E-state index is -1.78. The summed E-state index contributed by atoms with van der Waals surface area (Å²) in [5.74, 6) is -8.21. The van der Waals surface area contributed by atoms with Gasteiger partial charge in [-0.15, -0.1) is 0 Å². The van der Waals surface area contributed by atoms with Gasteiger partial charge in [0.25, 0.3) is 0 Å². The zero-order valence-electron chi connectivity index (χ0n) is 10.5. The molecule has 0 saturated heterocycles. The lowest BCUT2D eigenvalue weighted by Crippen LogP contribution is -2.60. The van der Waals surface area contributed by atoms with Crippen molar-refractivity contribution in [3.63, 3.8) is 0 Å². The van der Waals surface area contributed by atoms with Crippen molar-refractivity contribution in [1.29, 1.82) is 0 Å². The Balaban J connectivity index is 2.19. The largest absolute Gasteiger partial charge is 0.480 e. The Morgan fingerprint density at radius 2 is 1.62 bits per heavy atom. The van der Waals surface area contributed by atoms with Crippen LogP contribution >= 0.6 is 0 Å². The summed E-state index contributed by atoms with van der Waals surface area (Å²) in [7, 11) is 0. The Morgan fingerprint density at radius 3 is 2.00 bits per heavy atom. The van der Waals surface area contributed by atoms with Crippen molar-refractivity contribution in [3.8, 4) is 0 Å². The highest BCUT2D eigenvalue weighted by molar-refractivity contribution is 5.94. The SMILES string of the molecule is O=C(Nc1c(F)c(F)cc(F)c1F)NC1(C(=O)O)CCC1. The van der Waals surface area contributed by atoms with Gasteiger partial charge in [0.15, 0.2) is 23.3 Å². The van der Waals surface area contributed by atoms with E-state index in [2.05, 4.69) is 0 Å². The van der Waals surface area contributed by atoms with Gasteiger partial charge in [0, 0.05) is 6.07 Å². The molecule has 5 nitrogen and oxygen atoms in total. The van der Waals surface area contributed by atoms with Crippen LogP contribution in [0.2, 0.25) is 0 Å². The van der Waals surface area contributed by atoms with E-state index in [1.807, 2.05) is 5.32 Å². The number of hydrogen-bond donors (Lipinski definition) is 3. The van der Waals surface area contributed by atoms with E-state index in [-0.39, 0.29) is 18.9 Å². The van der Waals surface area contributed by atoms with E-state index in [0.717, 1.165) is 0 Å². The van der Waals surface area contributed by atoms with E-state index in [4.69, 9.17) is 5.11 Å². The number of nitrogens with one attached hydrogen (secondary N) is 2. The Bertz CT molecular complexity index is 591. The summed E-state index contributed by atoms with van der Waals surface area (Å²) in [5, 5.41) is 12.6. The van der Waals surface area contributed by atoms with Crippen LogP contribution in [0.5, 0.6) is 0 Å². The number of carbonyl (C=O) groups excluding carboxylic acids is 1. The molecular formula is C12H10F4N2O3. The van der Waals surface area contributed by atoms with Crippen LogP contribution in [0, 0.1) is 23.3 Å². The summed E-state index contributed by atoms with van der Waals surface area (Å²) in [6, 6.07) is -1.27. The second kappa shape index (κ2) is 5.23. The van der Waals surface area contributed by atoms with Gasteiger partial charge < -0.3 is 15.7 Å². The van der Waals surface area contributed by atoms with Crippen molar-refractivity contribution >= 4 is 17.7 Å². The molecule has 0 bridgehead atoms. The molecule has 1 saturated carbocycles. The number of carbonyl (C=O) groups is 2. The van der Waals surface area contributed by atoms with Gasteiger partial charge >= 0.3 is 12.0 Å². The molecule has 1 fully saturated rings. The maximum atomic E-state index is 13.3. The lowest BCUT2D eigenvalue weighted by atomic mass is 9.77. The molecule has 2 amide bonds. The normalized spacial score (nSPS) is 16.0. The van der Waals surface area contributed by atoms with E-state index >= 15 is 0 Å². The maximum absolute atomic E-state index is 13.3. The first-order valence-corrected chi connectivity index (χ1v) is 5.92. The van der Waals surface area contributed by atoms with Crippen molar-refractivity contribution in [2.45, 2.75) is 24.8 Å². The first-order valence-electron chi connectivity index (χ1n) is 5.92.